The van der Waals surface area contributed by atoms with E-state index in [1.165, 1.54) is 33.1 Å². The molecule has 3 aromatic heterocycles. The van der Waals surface area contributed by atoms with E-state index in [9.17, 15) is 0 Å². The Labute approximate surface area is 300 Å². The van der Waals surface area contributed by atoms with Crippen LogP contribution in [0.25, 0.3) is 89.7 Å². The molecule has 0 unspecified atom stereocenters. The van der Waals surface area contributed by atoms with Crippen LogP contribution in [-0.2, 0) is 17.1 Å². The molecule has 50 heavy (non-hydrogen) atoms. The second kappa shape index (κ2) is 12.4. The Balaban J connectivity index is 0.000000293. The van der Waals surface area contributed by atoms with Crippen LogP contribution in [0.2, 0.25) is 0 Å². The van der Waals surface area contributed by atoms with Crippen molar-refractivity contribution in [2.45, 2.75) is 18.7 Å². The first-order valence-corrected chi connectivity index (χ1v) is 20.8. The molecule has 0 saturated heterocycles. The molecule has 10 rings (SSSR count). The molecule has 0 amide bonds. The molecule has 0 saturated carbocycles. The summed E-state index contributed by atoms with van der Waals surface area (Å²) in [5.41, 5.74) is 9.22. The molecule has 2 aliphatic rings. The number of aromatic nitrogens is 8. The summed E-state index contributed by atoms with van der Waals surface area (Å²) in [4.78, 5) is 38.2. The van der Waals surface area contributed by atoms with Crippen molar-refractivity contribution in [1.29, 1.82) is 0 Å². The maximum atomic E-state index is 5.02. The van der Waals surface area contributed by atoms with Gasteiger partial charge in [-0.2, -0.15) is 0 Å². The van der Waals surface area contributed by atoms with Gasteiger partial charge in [0, 0.05) is 43.8 Å². The Morgan fingerprint density at radius 3 is 1.10 bits per heavy atom. The average Bonchev–Trinajstić information content (AvgIpc) is 3.88. The predicted molar refractivity (Wildman–Crippen MR) is 198 cm³/mol. The van der Waals surface area contributed by atoms with Gasteiger partial charge >= 0.3 is 74.9 Å². The van der Waals surface area contributed by atoms with Gasteiger partial charge in [-0.3, -0.25) is 0 Å². The van der Waals surface area contributed by atoms with Crippen LogP contribution in [0.15, 0.2) is 120 Å². The van der Waals surface area contributed by atoms with Gasteiger partial charge in [-0.1, -0.05) is 97.1 Å². The van der Waals surface area contributed by atoms with E-state index in [2.05, 4.69) is 42.0 Å². The van der Waals surface area contributed by atoms with E-state index in [4.69, 9.17) is 29.9 Å². The monoisotopic (exact) mass is 715 g/mol. The van der Waals surface area contributed by atoms with Gasteiger partial charge in [0.1, 0.15) is 22.6 Å². The Morgan fingerprint density at radius 2 is 0.780 bits per heavy atom. The number of rotatable bonds is 1. The van der Waals surface area contributed by atoms with Crippen LogP contribution in [0.3, 0.4) is 0 Å². The molecule has 8 nitrogen and oxygen atoms in total. The molecule has 235 valence electrons. The summed E-state index contributed by atoms with van der Waals surface area (Å²) in [6.45, 7) is 4.30. The summed E-state index contributed by atoms with van der Waals surface area (Å²) < 4.78 is 0. The molecule has 2 aliphatic heterocycles. The van der Waals surface area contributed by atoms with Crippen molar-refractivity contribution in [2.75, 3.05) is 0 Å². The van der Waals surface area contributed by atoms with E-state index in [-0.39, 0.29) is 0 Å². The Kier molecular flexibility index (Phi) is 7.56. The van der Waals surface area contributed by atoms with E-state index < -0.39 is 0 Å². The van der Waals surface area contributed by atoms with Gasteiger partial charge < -0.3 is 9.97 Å². The molecular formula is C40H27N8SZn. The fraction of sp³-hybridized carbons (Fsp3) is 0.0500. The van der Waals surface area contributed by atoms with E-state index in [1.54, 1.807) is 0 Å². The number of aromatic amines is 2. The number of hydrogen-bond donors (Lipinski definition) is 2. The maximum Gasteiger partial charge on any atom is 0.164 e. The first-order valence-electron chi connectivity index (χ1n) is 16.2. The molecule has 0 radical (unpaired) electrons. The zero-order valence-corrected chi connectivity index (χ0v) is 31.1. The van der Waals surface area contributed by atoms with Gasteiger partial charge in [0.2, 0.25) is 0 Å². The SMILES string of the molecule is Cc1ccc([S][Zn])c(C)c1.c1ccc2c(c1)-c1nc-2nc2[nH]c(nc3nc(nc4[nH]c(n1)c1ccccc41)-c1ccccc1-3)c1ccccc21. The number of nitrogens with zero attached hydrogens (tertiary/aromatic N) is 6. The molecule has 2 N–H and O–H groups in total. The van der Waals surface area contributed by atoms with Gasteiger partial charge in [-0.15, -0.1) is 0 Å². The van der Waals surface area contributed by atoms with Crippen LogP contribution in [0, 0.1) is 13.8 Å². The van der Waals surface area contributed by atoms with Crippen LogP contribution < -0.4 is 0 Å². The van der Waals surface area contributed by atoms with E-state index in [1.807, 2.05) is 107 Å². The zero-order chi connectivity index (χ0) is 33.8. The topological polar surface area (TPSA) is 109 Å². The summed E-state index contributed by atoms with van der Waals surface area (Å²) >= 11 is 1.28. The summed E-state index contributed by atoms with van der Waals surface area (Å²) in [6.07, 6.45) is 0. The Hall–Kier alpha value is -5.57. The van der Waals surface area contributed by atoms with Crippen molar-refractivity contribution in [3.05, 3.63) is 126 Å². The average molecular weight is 717 g/mol. The molecule has 10 heteroatoms. The van der Waals surface area contributed by atoms with Crippen molar-refractivity contribution in [1.82, 2.24) is 39.9 Å². The number of fused-ring (bicyclic) bond motifs is 20. The maximum absolute atomic E-state index is 5.02. The molecule has 8 bridgehead atoms. The quantitative estimate of drug-likeness (QED) is 0.163. The summed E-state index contributed by atoms with van der Waals surface area (Å²) in [5.74, 6) is 2.39. The molecule has 5 aromatic carbocycles. The fourth-order valence-electron chi connectivity index (χ4n) is 6.55. The minimum Gasteiger partial charge on any atom is -0.324 e. The van der Waals surface area contributed by atoms with Crippen molar-refractivity contribution in [3.63, 3.8) is 0 Å². The van der Waals surface area contributed by atoms with Crippen LogP contribution in [0.5, 0.6) is 0 Å². The number of nitrogens with one attached hydrogen (secondary N) is 2. The first kappa shape index (κ1) is 30.5. The molecular weight excluding hydrogens is 690 g/mol. The molecule has 0 aliphatic carbocycles. The molecule has 0 atom stereocenters. The van der Waals surface area contributed by atoms with Gasteiger partial charge in [0.05, 0.1) is 0 Å². The third-order valence-corrected chi connectivity index (χ3v) is 11.7. The molecule has 8 aromatic rings. The van der Waals surface area contributed by atoms with E-state index in [0.717, 1.165) is 43.8 Å². The molecule has 5 heterocycles. The number of hydrogen-bond acceptors (Lipinski definition) is 7. The fourth-order valence-corrected chi connectivity index (χ4v) is 9.04. The van der Waals surface area contributed by atoms with Gasteiger partial charge in [0.15, 0.2) is 23.3 Å². The largest absolute Gasteiger partial charge is 0.324 e. The number of aryl methyl sites for hydroxylation is 2. The standard InChI is InChI=1S/C32H18N8.C8H10S.Zn/c1-2-10-18-17(9-1)25-33-26(18)38-28-21-13-5-6-14-22(21)30(35-28)40-32-24-16-8-7-15-23(24)31(36-32)39-29-20-12-4-3-11-19(20)27(34-29)37-25;1-6-3-4-8(9)7(2)5-6;/h1-16H,(H2,33,34,35,36,37,38,39,40);3-5,9H,1-2H3;/q;;+1/p-1. The first-order chi connectivity index (χ1) is 24.5. The van der Waals surface area contributed by atoms with E-state index in [0.29, 0.717) is 45.9 Å². The van der Waals surface area contributed by atoms with E-state index >= 15 is 0 Å². The normalized spacial score (nSPS) is 11.6. The molecule has 0 fully saturated rings. The molecule has 0 spiro atoms. The predicted octanol–water partition coefficient (Wildman–Crippen LogP) is 9.73. The number of benzene rings is 5. The minimum absolute atomic E-state index is 0.597. The van der Waals surface area contributed by atoms with Crippen molar-refractivity contribution < 1.29 is 17.1 Å². The van der Waals surface area contributed by atoms with Gasteiger partial charge in [0.25, 0.3) is 0 Å². The van der Waals surface area contributed by atoms with Crippen LogP contribution in [0.1, 0.15) is 11.1 Å². The summed E-state index contributed by atoms with van der Waals surface area (Å²) in [5, 5.41) is 3.82. The van der Waals surface area contributed by atoms with Crippen molar-refractivity contribution in [3.8, 4) is 45.6 Å². The summed E-state index contributed by atoms with van der Waals surface area (Å²) in [7, 11) is 1.93. The third kappa shape index (κ3) is 5.28. The second-order valence-electron chi connectivity index (χ2n) is 12.2. The smallest absolute Gasteiger partial charge is 0.164 e. The van der Waals surface area contributed by atoms with Gasteiger partial charge in [-0.05, 0) is 0 Å². The Morgan fingerprint density at radius 1 is 0.440 bits per heavy atom. The van der Waals surface area contributed by atoms with Crippen LogP contribution in [0.4, 0.5) is 0 Å². The summed E-state index contributed by atoms with van der Waals surface area (Å²) in [6, 6.07) is 38.9. The zero-order valence-electron chi connectivity index (χ0n) is 27.3. The number of H-pyrrole nitrogens is 2. The van der Waals surface area contributed by atoms with Crippen molar-refractivity contribution >= 4 is 53.9 Å². The van der Waals surface area contributed by atoms with Crippen molar-refractivity contribution in [2.24, 2.45) is 0 Å². The Bertz CT molecular complexity index is 2490. The van der Waals surface area contributed by atoms with Crippen LogP contribution in [-0.4, -0.2) is 39.9 Å². The third-order valence-electron chi connectivity index (χ3n) is 8.95. The van der Waals surface area contributed by atoms with Crippen LogP contribution >= 0.6 is 9.75 Å². The second-order valence-corrected chi connectivity index (χ2v) is 14.8. The van der Waals surface area contributed by atoms with Gasteiger partial charge in [-0.25, -0.2) is 29.9 Å². The minimum atomic E-state index is 0.597.